The van der Waals surface area contributed by atoms with Gasteiger partial charge >= 0.3 is 0 Å². The van der Waals surface area contributed by atoms with Gasteiger partial charge in [-0.05, 0) is 25.1 Å². The van der Waals surface area contributed by atoms with Gasteiger partial charge in [0.05, 0.1) is 12.2 Å². The normalized spacial score (nSPS) is 10.2. The van der Waals surface area contributed by atoms with Crippen LogP contribution in [-0.4, -0.2) is 35.6 Å². The molecule has 0 spiro atoms. The van der Waals surface area contributed by atoms with E-state index in [0.717, 1.165) is 4.47 Å². The number of hydrogen-bond donors (Lipinski definition) is 2. The van der Waals surface area contributed by atoms with E-state index in [2.05, 4.69) is 28.6 Å². The molecule has 0 unspecified atom stereocenters. The van der Waals surface area contributed by atoms with Crippen LogP contribution in [0.4, 0.5) is 0 Å². The summed E-state index contributed by atoms with van der Waals surface area (Å²) in [6.07, 6.45) is 0. The Morgan fingerprint density at radius 3 is 2.75 bits per heavy atom. The molecule has 0 fully saturated rings. The molecule has 0 aromatic heterocycles. The highest BCUT2D eigenvalue weighted by Crippen LogP contribution is 2.21. The maximum atomic E-state index is 12.0. The summed E-state index contributed by atoms with van der Waals surface area (Å²) in [6, 6.07) is 5.32. The van der Waals surface area contributed by atoms with Crippen molar-refractivity contribution in [3.8, 4) is 0 Å². The van der Waals surface area contributed by atoms with Gasteiger partial charge in [0.2, 0.25) is 0 Å². The van der Waals surface area contributed by atoms with E-state index >= 15 is 0 Å². The summed E-state index contributed by atoms with van der Waals surface area (Å²) in [7, 11) is 0. The molecule has 0 saturated carbocycles. The molecule has 16 heavy (non-hydrogen) atoms. The molecule has 0 aliphatic heterocycles. The van der Waals surface area contributed by atoms with Crippen LogP contribution in [0.1, 0.15) is 17.3 Å². The van der Waals surface area contributed by atoms with E-state index < -0.39 is 0 Å². The first-order chi connectivity index (χ1) is 7.60. The van der Waals surface area contributed by atoms with Gasteiger partial charge in [-0.15, -0.1) is 12.6 Å². The van der Waals surface area contributed by atoms with Gasteiger partial charge in [0, 0.05) is 22.5 Å². The molecule has 0 radical (unpaired) electrons. The van der Waals surface area contributed by atoms with Crippen molar-refractivity contribution in [1.82, 2.24) is 4.90 Å². The molecule has 0 heterocycles. The van der Waals surface area contributed by atoms with E-state index in [1.165, 1.54) is 0 Å². The second kappa shape index (κ2) is 6.27. The van der Waals surface area contributed by atoms with Crippen molar-refractivity contribution < 1.29 is 9.90 Å². The van der Waals surface area contributed by atoms with Gasteiger partial charge in [-0.25, -0.2) is 0 Å². The molecule has 1 aromatic carbocycles. The number of nitrogens with zero attached hydrogens (tertiary/aromatic N) is 1. The molecule has 1 N–H and O–H groups in total. The number of benzene rings is 1. The van der Waals surface area contributed by atoms with Crippen molar-refractivity contribution in [2.24, 2.45) is 0 Å². The Hall–Kier alpha value is -0.520. The van der Waals surface area contributed by atoms with Gasteiger partial charge in [-0.3, -0.25) is 4.79 Å². The molecule has 0 atom stereocenters. The van der Waals surface area contributed by atoms with Crippen LogP contribution >= 0.6 is 28.6 Å². The highest BCUT2D eigenvalue weighted by atomic mass is 79.9. The molecule has 0 aliphatic carbocycles. The zero-order valence-corrected chi connectivity index (χ0v) is 11.5. The number of rotatable bonds is 4. The summed E-state index contributed by atoms with van der Waals surface area (Å²) in [5.74, 6) is -0.103. The third-order valence-corrected chi connectivity index (χ3v) is 3.09. The van der Waals surface area contributed by atoms with Gasteiger partial charge in [0.1, 0.15) is 0 Å². The molecule has 0 bridgehead atoms. The van der Waals surface area contributed by atoms with Crippen molar-refractivity contribution in [2.75, 3.05) is 19.7 Å². The van der Waals surface area contributed by atoms with Gasteiger partial charge < -0.3 is 10.0 Å². The summed E-state index contributed by atoms with van der Waals surface area (Å²) >= 11 is 7.58. The predicted molar refractivity (Wildman–Crippen MR) is 70.1 cm³/mol. The Labute approximate surface area is 109 Å². The number of amides is 1. The summed E-state index contributed by atoms with van der Waals surface area (Å²) in [4.78, 5) is 14.3. The fourth-order valence-electron chi connectivity index (χ4n) is 1.38. The van der Waals surface area contributed by atoms with Crippen LogP contribution in [0.3, 0.4) is 0 Å². The van der Waals surface area contributed by atoms with Crippen LogP contribution in [0.25, 0.3) is 0 Å². The number of likely N-dealkylation sites (N-methyl/N-ethyl adjacent to an activating group) is 1. The Morgan fingerprint density at radius 1 is 1.56 bits per heavy atom. The summed E-state index contributed by atoms with van der Waals surface area (Å²) < 4.78 is 0.888. The smallest absolute Gasteiger partial charge is 0.255 e. The number of hydrogen-bond acceptors (Lipinski definition) is 3. The lowest BCUT2D eigenvalue weighted by molar-refractivity contribution is 0.0728. The molecular weight excluding hydrogens is 290 g/mol. The Balaban J connectivity index is 2.94. The molecule has 1 aromatic rings. The van der Waals surface area contributed by atoms with Crippen molar-refractivity contribution in [3.05, 3.63) is 28.2 Å². The lowest BCUT2D eigenvalue weighted by Gasteiger charge is -2.20. The number of aliphatic hydroxyl groups is 1. The van der Waals surface area contributed by atoms with Crippen LogP contribution in [0, 0.1) is 0 Å². The topological polar surface area (TPSA) is 40.5 Å². The molecule has 88 valence electrons. The van der Waals surface area contributed by atoms with Gasteiger partial charge in [-0.2, -0.15) is 0 Å². The third-order valence-electron chi connectivity index (χ3n) is 2.23. The van der Waals surface area contributed by atoms with Gasteiger partial charge in [0.15, 0.2) is 0 Å². The number of halogens is 1. The fourth-order valence-corrected chi connectivity index (χ4v) is 2.23. The van der Waals surface area contributed by atoms with E-state index in [-0.39, 0.29) is 12.5 Å². The Bertz CT molecular complexity index is 384. The lowest BCUT2D eigenvalue weighted by atomic mass is 10.2. The lowest BCUT2D eigenvalue weighted by Crippen LogP contribution is -2.33. The molecular formula is C11H14BrNO2S. The molecule has 3 nitrogen and oxygen atoms in total. The van der Waals surface area contributed by atoms with Crippen LogP contribution < -0.4 is 0 Å². The minimum absolute atomic E-state index is 0.0297. The number of thiol groups is 1. The second-order valence-electron chi connectivity index (χ2n) is 3.27. The van der Waals surface area contributed by atoms with Crippen LogP contribution in [0.15, 0.2) is 27.6 Å². The first-order valence-electron chi connectivity index (χ1n) is 4.98. The zero-order valence-electron chi connectivity index (χ0n) is 8.98. The van der Waals surface area contributed by atoms with Crippen molar-refractivity contribution in [3.63, 3.8) is 0 Å². The maximum Gasteiger partial charge on any atom is 0.255 e. The molecule has 1 amide bonds. The SMILES string of the molecule is CCN(CCO)C(=O)c1ccc(Br)cc1S. The first kappa shape index (κ1) is 13.5. The van der Waals surface area contributed by atoms with Gasteiger partial charge in [-0.1, -0.05) is 15.9 Å². The fraction of sp³-hybridized carbons (Fsp3) is 0.364. The predicted octanol–water partition coefficient (Wildman–Crippen LogP) is 2.19. The quantitative estimate of drug-likeness (QED) is 0.837. The van der Waals surface area contributed by atoms with E-state index in [9.17, 15) is 4.79 Å². The average molecular weight is 304 g/mol. The van der Waals surface area contributed by atoms with Crippen molar-refractivity contribution in [2.45, 2.75) is 11.8 Å². The minimum atomic E-state index is -0.103. The minimum Gasteiger partial charge on any atom is -0.395 e. The Morgan fingerprint density at radius 2 is 2.25 bits per heavy atom. The number of carbonyl (C=O) groups excluding carboxylic acids is 1. The average Bonchev–Trinajstić information content (AvgIpc) is 2.25. The van der Waals surface area contributed by atoms with E-state index in [4.69, 9.17) is 5.11 Å². The maximum absolute atomic E-state index is 12.0. The second-order valence-corrected chi connectivity index (χ2v) is 4.67. The number of carbonyl (C=O) groups is 1. The molecule has 1 rings (SSSR count). The number of aliphatic hydroxyl groups excluding tert-OH is 1. The van der Waals surface area contributed by atoms with Crippen LogP contribution in [0.5, 0.6) is 0 Å². The Kier molecular flexibility index (Phi) is 5.31. The molecule has 0 aliphatic rings. The van der Waals surface area contributed by atoms with E-state index in [1.807, 2.05) is 6.92 Å². The molecule has 0 saturated heterocycles. The molecule has 5 heteroatoms. The summed E-state index contributed by atoms with van der Waals surface area (Å²) in [5, 5.41) is 8.86. The monoisotopic (exact) mass is 303 g/mol. The standard InChI is InChI=1S/C11H14BrNO2S/c1-2-13(5-6-14)11(15)9-4-3-8(12)7-10(9)16/h3-4,7,14,16H,2,5-6H2,1H3. The summed E-state index contributed by atoms with van der Waals surface area (Å²) in [5.41, 5.74) is 0.557. The zero-order chi connectivity index (χ0) is 12.1. The highest BCUT2D eigenvalue weighted by molar-refractivity contribution is 9.10. The largest absolute Gasteiger partial charge is 0.395 e. The summed E-state index contributed by atoms with van der Waals surface area (Å²) in [6.45, 7) is 2.77. The van der Waals surface area contributed by atoms with Crippen molar-refractivity contribution in [1.29, 1.82) is 0 Å². The highest BCUT2D eigenvalue weighted by Gasteiger charge is 2.15. The third kappa shape index (κ3) is 3.23. The van der Waals surface area contributed by atoms with Crippen molar-refractivity contribution >= 4 is 34.5 Å². The van der Waals surface area contributed by atoms with Crippen LogP contribution in [-0.2, 0) is 0 Å². The van der Waals surface area contributed by atoms with E-state index in [1.54, 1.807) is 23.1 Å². The van der Waals surface area contributed by atoms with Gasteiger partial charge in [0.25, 0.3) is 5.91 Å². The van der Waals surface area contributed by atoms with E-state index in [0.29, 0.717) is 23.5 Å². The van der Waals surface area contributed by atoms with Crippen LogP contribution in [0.2, 0.25) is 0 Å². The first-order valence-corrected chi connectivity index (χ1v) is 6.22.